The predicted octanol–water partition coefficient (Wildman–Crippen LogP) is 2.43. The molecule has 2 aliphatic rings. The molecule has 0 amide bonds. The summed E-state index contributed by atoms with van der Waals surface area (Å²) in [6.45, 7) is 3.17. The standard InChI is InChI=1S/C19H23N3O2/c1-3-9-20-15(5-1)13-22-11-12-23-19-17(22)7-8-18(19)24-14-16-6-2-4-10-21-16/h1-6,9-10,17-19H,7-8,11-14H2/t17-,18+,19+/m0/s1. The Hall–Kier alpha value is -1.82. The highest BCUT2D eigenvalue weighted by Crippen LogP contribution is 2.33. The second-order valence-electron chi connectivity index (χ2n) is 6.44. The Bertz CT molecular complexity index is 638. The van der Waals surface area contributed by atoms with Gasteiger partial charge < -0.3 is 9.47 Å². The van der Waals surface area contributed by atoms with Gasteiger partial charge >= 0.3 is 0 Å². The zero-order chi connectivity index (χ0) is 16.2. The fourth-order valence-electron chi connectivity index (χ4n) is 3.74. The van der Waals surface area contributed by atoms with Crippen molar-refractivity contribution in [1.29, 1.82) is 0 Å². The molecule has 0 N–H and O–H groups in total. The quantitative estimate of drug-likeness (QED) is 0.845. The van der Waals surface area contributed by atoms with E-state index in [1.165, 1.54) is 0 Å². The maximum Gasteiger partial charge on any atom is 0.0992 e. The van der Waals surface area contributed by atoms with Crippen molar-refractivity contribution in [3.05, 3.63) is 60.2 Å². The molecule has 0 radical (unpaired) electrons. The number of hydrogen-bond acceptors (Lipinski definition) is 5. The Morgan fingerprint density at radius 3 is 2.58 bits per heavy atom. The number of morpholine rings is 1. The zero-order valence-electron chi connectivity index (χ0n) is 13.8. The number of ether oxygens (including phenoxy) is 2. The van der Waals surface area contributed by atoms with Crippen LogP contribution in [-0.4, -0.2) is 46.3 Å². The minimum atomic E-state index is 0.156. The van der Waals surface area contributed by atoms with E-state index in [9.17, 15) is 0 Å². The van der Waals surface area contributed by atoms with Crippen molar-refractivity contribution in [2.75, 3.05) is 13.2 Å². The fourth-order valence-corrected chi connectivity index (χ4v) is 3.74. The molecule has 3 heterocycles. The summed E-state index contributed by atoms with van der Waals surface area (Å²) in [6, 6.07) is 12.4. The maximum atomic E-state index is 6.13. The third kappa shape index (κ3) is 3.48. The summed E-state index contributed by atoms with van der Waals surface area (Å²) in [5, 5.41) is 0. The molecule has 126 valence electrons. The highest BCUT2D eigenvalue weighted by Gasteiger charge is 2.43. The molecule has 0 aromatic carbocycles. The summed E-state index contributed by atoms with van der Waals surface area (Å²) in [7, 11) is 0. The molecule has 3 atom stereocenters. The summed E-state index contributed by atoms with van der Waals surface area (Å²) in [5.74, 6) is 0. The molecule has 5 heteroatoms. The Labute approximate surface area is 142 Å². The number of pyridine rings is 2. The molecule has 0 bridgehead atoms. The second-order valence-corrected chi connectivity index (χ2v) is 6.44. The predicted molar refractivity (Wildman–Crippen MR) is 90.2 cm³/mol. The fraction of sp³-hybridized carbons (Fsp3) is 0.474. The van der Waals surface area contributed by atoms with Crippen molar-refractivity contribution >= 4 is 0 Å². The van der Waals surface area contributed by atoms with Gasteiger partial charge in [-0.2, -0.15) is 0 Å². The van der Waals surface area contributed by atoms with Gasteiger partial charge in [0.05, 0.1) is 36.8 Å². The monoisotopic (exact) mass is 325 g/mol. The number of aromatic nitrogens is 2. The lowest BCUT2D eigenvalue weighted by Crippen LogP contribution is -2.51. The van der Waals surface area contributed by atoms with Gasteiger partial charge in [-0.05, 0) is 37.1 Å². The Morgan fingerprint density at radius 1 is 1.04 bits per heavy atom. The summed E-state index contributed by atoms with van der Waals surface area (Å²) in [5.41, 5.74) is 2.10. The molecule has 5 nitrogen and oxygen atoms in total. The highest BCUT2D eigenvalue weighted by atomic mass is 16.5. The average molecular weight is 325 g/mol. The molecule has 0 unspecified atom stereocenters. The van der Waals surface area contributed by atoms with Crippen LogP contribution in [0.3, 0.4) is 0 Å². The maximum absolute atomic E-state index is 6.13. The molecule has 1 aliphatic carbocycles. The van der Waals surface area contributed by atoms with E-state index in [-0.39, 0.29) is 12.2 Å². The first kappa shape index (κ1) is 15.7. The normalized spacial score (nSPS) is 27.1. The zero-order valence-corrected chi connectivity index (χ0v) is 13.8. The van der Waals surface area contributed by atoms with E-state index in [2.05, 4.69) is 20.9 Å². The van der Waals surface area contributed by atoms with Gasteiger partial charge in [0.15, 0.2) is 0 Å². The van der Waals surface area contributed by atoms with Gasteiger partial charge in [0, 0.05) is 31.5 Å². The number of nitrogens with zero attached hydrogens (tertiary/aromatic N) is 3. The van der Waals surface area contributed by atoms with Gasteiger partial charge in [0.25, 0.3) is 0 Å². The van der Waals surface area contributed by atoms with Gasteiger partial charge in [0.2, 0.25) is 0 Å². The second kappa shape index (κ2) is 7.38. The van der Waals surface area contributed by atoms with Crippen LogP contribution in [0.4, 0.5) is 0 Å². The minimum absolute atomic E-state index is 0.156. The average Bonchev–Trinajstić information content (AvgIpc) is 3.06. The Balaban J connectivity index is 1.37. The molecular formula is C19H23N3O2. The van der Waals surface area contributed by atoms with Crippen LogP contribution < -0.4 is 0 Å². The number of rotatable bonds is 5. The summed E-state index contributed by atoms with van der Waals surface area (Å²) in [6.07, 6.45) is 6.14. The molecular weight excluding hydrogens is 302 g/mol. The van der Waals surface area contributed by atoms with E-state index < -0.39 is 0 Å². The SMILES string of the molecule is c1ccc(CO[C@@H]2CC[C@H]3[C@H]2OCCN3Cc2ccccn2)nc1. The van der Waals surface area contributed by atoms with Crippen molar-refractivity contribution in [2.24, 2.45) is 0 Å². The lowest BCUT2D eigenvalue weighted by molar-refractivity contribution is -0.119. The van der Waals surface area contributed by atoms with Crippen molar-refractivity contribution < 1.29 is 9.47 Å². The van der Waals surface area contributed by atoms with Crippen LogP contribution >= 0.6 is 0 Å². The topological polar surface area (TPSA) is 47.5 Å². The number of fused-ring (bicyclic) bond motifs is 1. The van der Waals surface area contributed by atoms with Gasteiger partial charge in [-0.15, -0.1) is 0 Å². The van der Waals surface area contributed by atoms with Crippen molar-refractivity contribution in [3.8, 4) is 0 Å². The van der Waals surface area contributed by atoms with Crippen LogP contribution in [0.5, 0.6) is 0 Å². The molecule has 1 saturated carbocycles. The van der Waals surface area contributed by atoms with E-state index in [4.69, 9.17) is 9.47 Å². The van der Waals surface area contributed by atoms with E-state index in [0.29, 0.717) is 12.6 Å². The van der Waals surface area contributed by atoms with Gasteiger partial charge in [-0.1, -0.05) is 12.1 Å². The Kier molecular flexibility index (Phi) is 4.83. The molecule has 2 fully saturated rings. The summed E-state index contributed by atoms with van der Waals surface area (Å²) >= 11 is 0. The van der Waals surface area contributed by atoms with Crippen LogP contribution in [0.2, 0.25) is 0 Å². The molecule has 1 saturated heterocycles. The van der Waals surface area contributed by atoms with Crippen molar-refractivity contribution in [3.63, 3.8) is 0 Å². The summed E-state index contributed by atoms with van der Waals surface area (Å²) < 4.78 is 12.2. The van der Waals surface area contributed by atoms with Crippen LogP contribution in [0.25, 0.3) is 0 Å². The first-order chi connectivity index (χ1) is 11.9. The van der Waals surface area contributed by atoms with E-state index >= 15 is 0 Å². The van der Waals surface area contributed by atoms with Crippen LogP contribution in [0.15, 0.2) is 48.8 Å². The highest BCUT2D eigenvalue weighted by molar-refractivity contribution is 5.06. The molecule has 2 aromatic rings. The molecule has 0 spiro atoms. The molecule has 4 rings (SSSR count). The van der Waals surface area contributed by atoms with Crippen LogP contribution in [0, 0.1) is 0 Å². The molecule has 2 aromatic heterocycles. The first-order valence-corrected chi connectivity index (χ1v) is 8.67. The lowest BCUT2D eigenvalue weighted by Gasteiger charge is -2.38. The molecule has 24 heavy (non-hydrogen) atoms. The first-order valence-electron chi connectivity index (χ1n) is 8.67. The lowest BCUT2D eigenvalue weighted by atomic mass is 10.1. The van der Waals surface area contributed by atoms with Crippen molar-refractivity contribution in [2.45, 2.75) is 44.2 Å². The third-order valence-corrected chi connectivity index (χ3v) is 4.91. The summed E-state index contributed by atoms with van der Waals surface area (Å²) in [4.78, 5) is 11.3. The van der Waals surface area contributed by atoms with Gasteiger partial charge in [-0.25, -0.2) is 0 Å². The van der Waals surface area contributed by atoms with Crippen LogP contribution in [0.1, 0.15) is 24.2 Å². The number of hydrogen-bond donors (Lipinski definition) is 0. The third-order valence-electron chi connectivity index (χ3n) is 4.91. The van der Waals surface area contributed by atoms with E-state index in [1.54, 1.807) is 0 Å². The van der Waals surface area contributed by atoms with Gasteiger partial charge in [-0.3, -0.25) is 14.9 Å². The van der Waals surface area contributed by atoms with Crippen molar-refractivity contribution in [1.82, 2.24) is 14.9 Å². The Morgan fingerprint density at radius 2 is 1.83 bits per heavy atom. The van der Waals surface area contributed by atoms with E-state index in [0.717, 1.165) is 43.9 Å². The van der Waals surface area contributed by atoms with Crippen LogP contribution in [-0.2, 0) is 22.6 Å². The van der Waals surface area contributed by atoms with E-state index in [1.807, 2.05) is 42.7 Å². The van der Waals surface area contributed by atoms with Gasteiger partial charge in [0.1, 0.15) is 0 Å². The smallest absolute Gasteiger partial charge is 0.0992 e. The minimum Gasteiger partial charge on any atom is -0.373 e. The largest absolute Gasteiger partial charge is 0.373 e. The molecule has 1 aliphatic heterocycles.